The van der Waals surface area contributed by atoms with E-state index in [1.807, 2.05) is 36.0 Å². The monoisotopic (exact) mass is 243 g/mol. The fourth-order valence-corrected chi connectivity index (χ4v) is 2.21. The first kappa shape index (κ1) is 10.7. The van der Waals surface area contributed by atoms with Crippen molar-refractivity contribution < 1.29 is 9.26 Å². The molecule has 0 aliphatic rings. The van der Waals surface area contributed by atoms with Crippen molar-refractivity contribution in [3.63, 3.8) is 0 Å². The molecule has 1 aromatic carbocycles. The summed E-state index contributed by atoms with van der Waals surface area (Å²) in [7, 11) is 3.63. The van der Waals surface area contributed by atoms with Gasteiger partial charge < -0.3 is 19.6 Å². The van der Waals surface area contributed by atoms with Crippen LogP contribution in [0, 0.1) is 0 Å². The summed E-state index contributed by atoms with van der Waals surface area (Å²) in [4.78, 5) is 0. The molecule has 0 saturated heterocycles. The minimum atomic E-state index is 0.380. The van der Waals surface area contributed by atoms with E-state index < -0.39 is 0 Å². The Morgan fingerprint density at radius 2 is 2.22 bits per heavy atom. The Balaban J connectivity index is 2.32. The first-order valence-corrected chi connectivity index (χ1v) is 5.55. The molecule has 0 amide bonds. The summed E-state index contributed by atoms with van der Waals surface area (Å²) in [6, 6.07) is 7.62. The number of ether oxygens (including phenoxy) is 1. The molecule has 0 bridgehead atoms. The molecule has 5 nitrogen and oxygen atoms in total. The third-order valence-electron chi connectivity index (χ3n) is 2.98. The molecule has 0 radical (unpaired) electrons. The van der Waals surface area contributed by atoms with Gasteiger partial charge in [0.15, 0.2) is 11.6 Å². The molecule has 0 spiro atoms. The average molecular weight is 243 g/mol. The van der Waals surface area contributed by atoms with Gasteiger partial charge in [0, 0.05) is 30.3 Å². The van der Waals surface area contributed by atoms with Gasteiger partial charge in [-0.2, -0.15) is 0 Å². The van der Waals surface area contributed by atoms with Gasteiger partial charge in [0.25, 0.3) is 0 Å². The van der Waals surface area contributed by atoms with Crippen molar-refractivity contribution in [1.82, 2.24) is 9.72 Å². The number of benzene rings is 1. The molecule has 5 heteroatoms. The number of aryl methyl sites for hydroxylation is 1. The predicted molar refractivity (Wildman–Crippen MR) is 69.4 cm³/mol. The lowest BCUT2D eigenvalue weighted by atomic mass is 10.1. The number of nitrogens with zero attached hydrogens (tertiary/aromatic N) is 2. The van der Waals surface area contributed by atoms with Crippen LogP contribution in [0.2, 0.25) is 0 Å². The second kappa shape index (κ2) is 3.80. The van der Waals surface area contributed by atoms with Gasteiger partial charge in [-0.15, -0.1) is 0 Å². The number of aromatic nitrogens is 2. The summed E-state index contributed by atoms with van der Waals surface area (Å²) in [5.41, 5.74) is 7.56. The van der Waals surface area contributed by atoms with Gasteiger partial charge in [-0.1, -0.05) is 17.3 Å². The zero-order valence-corrected chi connectivity index (χ0v) is 10.2. The summed E-state index contributed by atoms with van der Waals surface area (Å²) in [5, 5.41) is 4.76. The highest BCUT2D eigenvalue weighted by atomic mass is 16.5. The van der Waals surface area contributed by atoms with Gasteiger partial charge >= 0.3 is 0 Å². The van der Waals surface area contributed by atoms with E-state index in [0.29, 0.717) is 11.6 Å². The van der Waals surface area contributed by atoms with E-state index in [4.69, 9.17) is 15.0 Å². The molecule has 3 aromatic rings. The highest BCUT2D eigenvalue weighted by Gasteiger charge is 2.15. The maximum absolute atomic E-state index is 5.59. The number of rotatable bonds is 2. The lowest BCUT2D eigenvalue weighted by Gasteiger charge is -2.03. The van der Waals surface area contributed by atoms with E-state index in [2.05, 4.69) is 5.16 Å². The second-order valence-electron chi connectivity index (χ2n) is 4.13. The fourth-order valence-electron chi connectivity index (χ4n) is 2.21. The quantitative estimate of drug-likeness (QED) is 0.750. The molecule has 0 aliphatic heterocycles. The number of para-hydroxylation sites is 1. The third-order valence-corrected chi connectivity index (χ3v) is 2.98. The topological polar surface area (TPSA) is 66.2 Å². The number of hydrogen-bond donors (Lipinski definition) is 1. The minimum absolute atomic E-state index is 0.380. The van der Waals surface area contributed by atoms with Crippen molar-refractivity contribution in [1.29, 1.82) is 0 Å². The summed E-state index contributed by atoms with van der Waals surface area (Å²) < 4.78 is 12.6. The van der Waals surface area contributed by atoms with Gasteiger partial charge in [0.1, 0.15) is 5.75 Å². The summed E-state index contributed by atoms with van der Waals surface area (Å²) in [5.74, 6) is 1.87. The summed E-state index contributed by atoms with van der Waals surface area (Å²) in [6.07, 6.45) is 1.98. The average Bonchev–Trinajstić information content (AvgIpc) is 2.94. The van der Waals surface area contributed by atoms with Crippen LogP contribution in [0.4, 0.5) is 5.82 Å². The molecule has 0 unspecified atom stereocenters. The Hall–Kier alpha value is -2.43. The third kappa shape index (κ3) is 1.44. The number of nitrogens with two attached hydrogens (primary N) is 1. The van der Waals surface area contributed by atoms with Crippen LogP contribution in [0.1, 0.15) is 0 Å². The standard InChI is InChI=1S/C13H13N3O2/c1-16-7-9(11-6-12(14)15-18-11)8-4-3-5-10(17-2)13(8)16/h3-7H,1-2H3,(H2,14,15). The molecule has 2 N–H and O–H groups in total. The maximum Gasteiger partial charge on any atom is 0.171 e. The SMILES string of the molecule is COc1cccc2c(-c3cc(N)no3)cn(C)c12. The number of anilines is 1. The van der Waals surface area contributed by atoms with Crippen LogP contribution >= 0.6 is 0 Å². The van der Waals surface area contributed by atoms with Crippen LogP contribution < -0.4 is 10.5 Å². The summed E-state index contributed by atoms with van der Waals surface area (Å²) >= 11 is 0. The van der Waals surface area contributed by atoms with E-state index in [1.165, 1.54) is 0 Å². The number of hydrogen-bond acceptors (Lipinski definition) is 4. The zero-order valence-electron chi connectivity index (χ0n) is 10.2. The van der Waals surface area contributed by atoms with Crippen molar-refractivity contribution in [2.45, 2.75) is 0 Å². The van der Waals surface area contributed by atoms with Crippen molar-refractivity contribution in [3.05, 3.63) is 30.5 Å². The first-order valence-electron chi connectivity index (χ1n) is 5.55. The van der Waals surface area contributed by atoms with Gasteiger partial charge in [0.05, 0.1) is 12.6 Å². The van der Waals surface area contributed by atoms with Crippen LogP contribution in [0.5, 0.6) is 5.75 Å². The number of fused-ring (bicyclic) bond motifs is 1. The van der Waals surface area contributed by atoms with Crippen LogP contribution in [0.15, 0.2) is 35.0 Å². The minimum Gasteiger partial charge on any atom is -0.495 e. The van der Waals surface area contributed by atoms with Gasteiger partial charge in [0.2, 0.25) is 0 Å². The molecule has 0 fully saturated rings. The Kier molecular flexibility index (Phi) is 2.26. The van der Waals surface area contributed by atoms with Gasteiger partial charge in [-0.05, 0) is 6.07 Å². The van der Waals surface area contributed by atoms with Crippen molar-refractivity contribution in [2.75, 3.05) is 12.8 Å². The fraction of sp³-hybridized carbons (Fsp3) is 0.154. The normalized spacial score (nSPS) is 11.0. The van der Waals surface area contributed by atoms with Crippen LogP contribution in [0.3, 0.4) is 0 Å². The molecule has 2 aromatic heterocycles. The van der Waals surface area contributed by atoms with E-state index in [1.54, 1.807) is 13.2 Å². The Labute approximate surface area is 104 Å². The number of nitrogen functional groups attached to an aromatic ring is 1. The van der Waals surface area contributed by atoms with Crippen LogP contribution in [-0.2, 0) is 7.05 Å². The lowest BCUT2D eigenvalue weighted by molar-refractivity contribution is 0.418. The van der Waals surface area contributed by atoms with Gasteiger partial charge in [-0.3, -0.25) is 0 Å². The molecule has 0 atom stereocenters. The van der Waals surface area contributed by atoms with E-state index >= 15 is 0 Å². The van der Waals surface area contributed by atoms with E-state index in [-0.39, 0.29) is 0 Å². The van der Waals surface area contributed by atoms with Gasteiger partial charge in [-0.25, -0.2) is 0 Å². The van der Waals surface area contributed by atoms with E-state index in [9.17, 15) is 0 Å². The van der Waals surface area contributed by atoms with Crippen molar-refractivity contribution in [2.24, 2.45) is 7.05 Å². The number of methoxy groups -OCH3 is 1. The zero-order chi connectivity index (χ0) is 12.7. The molecule has 3 rings (SSSR count). The molecule has 0 aliphatic carbocycles. The maximum atomic E-state index is 5.59. The second-order valence-corrected chi connectivity index (χ2v) is 4.13. The van der Waals surface area contributed by atoms with Crippen molar-refractivity contribution >= 4 is 16.7 Å². The molecule has 0 saturated carbocycles. The van der Waals surface area contributed by atoms with Crippen LogP contribution in [-0.4, -0.2) is 16.8 Å². The van der Waals surface area contributed by atoms with Crippen LogP contribution in [0.25, 0.3) is 22.2 Å². The smallest absolute Gasteiger partial charge is 0.171 e. The summed E-state index contributed by atoms with van der Waals surface area (Å²) in [6.45, 7) is 0. The predicted octanol–water partition coefficient (Wildman–Crippen LogP) is 2.42. The van der Waals surface area contributed by atoms with Crippen molar-refractivity contribution in [3.8, 4) is 17.1 Å². The highest BCUT2D eigenvalue weighted by Crippen LogP contribution is 2.35. The van der Waals surface area contributed by atoms with E-state index in [0.717, 1.165) is 22.2 Å². The molecule has 92 valence electrons. The largest absolute Gasteiger partial charge is 0.495 e. The Bertz CT molecular complexity index is 712. The highest BCUT2D eigenvalue weighted by molar-refractivity contribution is 5.98. The molecule has 2 heterocycles. The first-order chi connectivity index (χ1) is 8.70. The Morgan fingerprint density at radius 3 is 2.89 bits per heavy atom. The molecular formula is C13H13N3O2. The molecule has 18 heavy (non-hydrogen) atoms. The molecular weight excluding hydrogens is 230 g/mol. The Morgan fingerprint density at radius 1 is 1.39 bits per heavy atom. The lowest BCUT2D eigenvalue weighted by Crippen LogP contribution is -1.89.